The lowest BCUT2D eigenvalue weighted by Gasteiger charge is -2.06. The van der Waals surface area contributed by atoms with Crippen molar-refractivity contribution in [2.45, 2.75) is 12.5 Å². The van der Waals surface area contributed by atoms with Gasteiger partial charge in [0.2, 0.25) is 0 Å². The fourth-order valence-corrected chi connectivity index (χ4v) is 3.10. The van der Waals surface area contributed by atoms with Crippen molar-refractivity contribution in [2.75, 3.05) is 7.11 Å². The molecule has 126 valence electrons. The van der Waals surface area contributed by atoms with E-state index in [1.165, 1.54) is 0 Å². The minimum atomic E-state index is 0.0324. The van der Waals surface area contributed by atoms with E-state index in [-0.39, 0.29) is 6.04 Å². The van der Waals surface area contributed by atoms with Gasteiger partial charge in [-0.2, -0.15) is 5.10 Å². The van der Waals surface area contributed by atoms with Gasteiger partial charge in [0, 0.05) is 17.0 Å². The predicted molar refractivity (Wildman–Crippen MR) is 99.2 cm³/mol. The van der Waals surface area contributed by atoms with E-state index in [1.807, 2.05) is 60.7 Å². The number of nitrogens with zero attached hydrogens (tertiary/aromatic N) is 1. The third-order valence-electron chi connectivity index (χ3n) is 4.26. The van der Waals surface area contributed by atoms with Crippen molar-refractivity contribution < 1.29 is 9.15 Å². The molecule has 2 heterocycles. The average molecular weight is 353 g/mol. The molecule has 1 aliphatic rings. The first-order chi connectivity index (χ1) is 12.2. The number of methoxy groups -OCH3 is 1. The Kier molecular flexibility index (Phi) is 4.20. The molecule has 0 amide bonds. The second-order valence-corrected chi connectivity index (χ2v) is 6.32. The maximum absolute atomic E-state index is 6.06. The van der Waals surface area contributed by atoms with E-state index >= 15 is 0 Å². The van der Waals surface area contributed by atoms with E-state index in [9.17, 15) is 0 Å². The second-order valence-electron chi connectivity index (χ2n) is 5.89. The monoisotopic (exact) mass is 352 g/mol. The quantitative estimate of drug-likeness (QED) is 0.715. The maximum Gasteiger partial charge on any atom is 0.134 e. The fraction of sp³-hybridized carbons (Fsp3) is 0.150. The number of benzene rings is 2. The molecule has 0 aliphatic carbocycles. The van der Waals surface area contributed by atoms with Crippen LogP contribution in [0.4, 0.5) is 0 Å². The molecule has 0 saturated heterocycles. The second kappa shape index (κ2) is 6.65. The van der Waals surface area contributed by atoms with Crippen LogP contribution in [0.15, 0.2) is 70.2 Å². The molecule has 1 atom stereocenters. The number of halogens is 1. The van der Waals surface area contributed by atoms with Crippen LogP contribution in [0.2, 0.25) is 5.02 Å². The highest BCUT2D eigenvalue weighted by atomic mass is 35.5. The summed E-state index contributed by atoms with van der Waals surface area (Å²) in [6.07, 6.45) is 0.773. The van der Waals surface area contributed by atoms with E-state index in [0.29, 0.717) is 5.02 Å². The van der Waals surface area contributed by atoms with E-state index < -0.39 is 0 Å². The first kappa shape index (κ1) is 15.8. The number of nitrogens with one attached hydrogen (secondary N) is 1. The van der Waals surface area contributed by atoms with Crippen molar-refractivity contribution in [3.05, 3.63) is 77.0 Å². The average Bonchev–Trinajstić information content (AvgIpc) is 3.31. The summed E-state index contributed by atoms with van der Waals surface area (Å²) >= 11 is 6.06. The van der Waals surface area contributed by atoms with Gasteiger partial charge in [-0.3, -0.25) is 5.43 Å². The van der Waals surface area contributed by atoms with Crippen molar-refractivity contribution in [2.24, 2.45) is 5.10 Å². The smallest absolute Gasteiger partial charge is 0.134 e. The van der Waals surface area contributed by atoms with Gasteiger partial charge < -0.3 is 9.15 Å². The Labute approximate surface area is 151 Å². The molecule has 1 aromatic heterocycles. The molecule has 25 heavy (non-hydrogen) atoms. The molecule has 0 fully saturated rings. The highest BCUT2D eigenvalue weighted by molar-refractivity contribution is 6.30. The van der Waals surface area contributed by atoms with E-state index in [2.05, 4.69) is 10.5 Å². The Morgan fingerprint density at radius 3 is 2.68 bits per heavy atom. The maximum atomic E-state index is 6.06. The van der Waals surface area contributed by atoms with Gasteiger partial charge in [0.25, 0.3) is 0 Å². The Hall–Kier alpha value is -2.72. The van der Waals surface area contributed by atoms with Crippen LogP contribution < -0.4 is 10.2 Å². The number of hydrogen-bond acceptors (Lipinski definition) is 4. The molecule has 2 aromatic carbocycles. The van der Waals surface area contributed by atoms with Crippen LogP contribution in [-0.2, 0) is 0 Å². The standard InChI is InChI=1S/C20H17ClN2O2/c1-24-16-7-5-13(6-8-16)17-12-18(23-22-17)20-10-9-19(25-20)14-3-2-4-15(21)11-14/h2-11,18,23H,12H2,1H3. The third-order valence-corrected chi connectivity index (χ3v) is 4.49. The van der Waals surface area contributed by atoms with Gasteiger partial charge in [0.15, 0.2) is 0 Å². The van der Waals surface area contributed by atoms with Crippen LogP contribution in [0.3, 0.4) is 0 Å². The summed E-state index contributed by atoms with van der Waals surface area (Å²) in [5.74, 6) is 2.50. The van der Waals surface area contributed by atoms with Crippen LogP contribution >= 0.6 is 11.6 Å². The zero-order chi connectivity index (χ0) is 17.2. The lowest BCUT2D eigenvalue weighted by atomic mass is 10.0. The summed E-state index contributed by atoms with van der Waals surface area (Å²) in [5, 5.41) is 5.15. The zero-order valence-corrected chi connectivity index (χ0v) is 14.5. The number of rotatable bonds is 4. The predicted octanol–water partition coefficient (Wildman–Crippen LogP) is 5.05. The van der Waals surface area contributed by atoms with Gasteiger partial charge in [0.05, 0.1) is 12.8 Å². The number of hydrogen-bond donors (Lipinski definition) is 1. The van der Waals surface area contributed by atoms with Crippen molar-refractivity contribution >= 4 is 17.3 Å². The lowest BCUT2D eigenvalue weighted by Crippen LogP contribution is -2.08. The fourth-order valence-electron chi connectivity index (χ4n) is 2.91. The van der Waals surface area contributed by atoms with E-state index in [1.54, 1.807) is 7.11 Å². The van der Waals surface area contributed by atoms with Gasteiger partial charge in [-0.25, -0.2) is 0 Å². The molecule has 1 unspecified atom stereocenters. The van der Waals surface area contributed by atoms with Gasteiger partial charge >= 0.3 is 0 Å². The molecule has 3 aromatic rings. The van der Waals surface area contributed by atoms with Crippen molar-refractivity contribution in [3.8, 4) is 17.1 Å². The van der Waals surface area contributed by atoms with Crippen LogP contribution in [0.5, 0.6) is 5.75 Å². The van der Waals surface area contributed by atoms with Crippen LogP contribution in [-0.4, -0.2) is 12.8 Å². The van der Waals surface area contributed by atoms with Gasteiger partial charge in [-0.1, -0.05) is 23.7 Å². The molecule has 4 nitrogen and oxygen atoms in total. The first-order valence-corrected chi connectivity index (χ1v) is 8.43. The molecule has 1 aliphatic heterocycles. The Morgan fingerprint density at radius 2 is 1.92 bits per heavy atom. The highest BCUT2D eigenvalue weighted by Crippen LogP contribution is 2.31. The lowest BCUT2D eigenvalue weighted by molar-refractivity contribution is 0.415. The highest BCUT2D eigenvalue weighted by Gasteiger charge is 2.24. The van der Waals surface area contributed by atoms with E-state index in [0.717, 1.165) is 40.5 Å². The number of furan rings is 1. The summed E-state index contributed by atoms with van der Waals surface area (Å²) in [5.41, 5.74) is 6.22. The first-order valence-electron chi connectivity index (χ1n) is 8.05. The molecule has 0 radical (unpaired) electrons. The largest absolute Gasteiger partial charge is 0.497 e. The molecular formula is C20H17ClN2O2. The topological polar surface area (TPSA) is 46.8 Å². The van der Waals surface area contributed by atoms with Gasteiger partial charge in [0.1, 0.15) is 23.3 Å². The normalized spacial score (nSPS) is 16.4. The SMILES string of the molecule is COc1ccc(C2=NNC(c3ccc(-c4cccc(Cl)c4)o3)C2)cc1. The Balaban J connectivity index is 1.49. The molecule has 4 rings (SSSR count). The number of hydrazone groups is 1. The molecule has 0 saturated carbocycles. The van der Waals surface area contributed by atoms with Crippen LogP contribution in [0.25, 0.3) is 11.3 Å². The zero-order valence-electron chi connectivity index (χ0n) is 13.7. The molecule has 1 N–H and O–H groups in total. The van der Waals surface area contributed by atoms with Crippen molar-refractivity contribution in [3.63, 3.8) is 0 Å². The molecule has 5 heteroatoms. The van der Waals surface area contributed by atoms with Gasteiger partial charge in [-0.05, 0) is 54.1 Å². The van der Waals surface area contributed by atoms with E-state index in [4.69, 9.17) is 20.8 Å². The Bertz CT molecular complexity index is 915. The van der Waals surface area contributed by atoms with Crippen LogP contribution in [0, 0.1) is 0 Å². The summed E-state index contributed by atoms with van der Waals surface area (Å²) in [4.78, 5) is 0. The Morgan fingerprint density at radius 1 is 1.08 bits per heavy atom. The summed E-state index contributed by atoms with van der Waals surface area (Å²) < 4.78 is 11.2. The molecule has 0 bridgehead atoms. The van der Waals surface area contributed by atoms with Crippen molar-refractivity contribution in [1.29, 1.82) is 0 Å². The third kappa shape index (κ3) is 3.26. The molecular weight excluding hydrogens is 336 g/mol. The van der Waals surface area contributed by atoms with Crippen molar-refractivity contribution in [1.82, 2.24) is 5.43 Å². The summed E-state index contributed by atoms with van der Waals surface area (Å²) in [6, 6.07) is 19.5. The summed E-state index contributed by atoms with van der Waals surface area (Å²) in [7, 11) is 1.66. The molecule has 0 spiro atoms. The summed E-state index contributed by atoms with van der Waals surface area (Å²) in [6.45, 7) is 0. The number of ether oxygens (including phenoxy) is 1. The van der Waals surface area contributed by atoms with Gasteiger partial charge in [-0.15, -0.1) is 0 Å². The minimum absolute atomic E-state index is 0.0324. The van der Waals surface area contributed by atoms with Crippen LogP contribution in [0.1, 0.15) is 23.8 Å². The minimum Gasteiger partial charge on any atom is -0.497 e.